The summed E-state index contributed by atoms with van der Waals surface area (Å²) >= 11 is 0.0407. The van der Waals surface area contributed by atoms with E-state index in [1.807, 2.05) is 0 Å². The minimum atomic E-state index is -4.10. The van der Waals surface area contributed by atoms with E-state index >= 15 is 0 Å². The Labute approximate surface area is 86.6 Å². The fraction of sp³-hybridized carbons (Fsp3) is 1.00. The van der Waals surface area contributed by atoms with E-state index in [9.17, 15) is 13.2 Å². The summed E-state index contributed by atoms with van der Waals surface area (Å²) in [5.41, 5.74) is 1.73. The van der Waals surface area contributed by atoms with E-state index in [4.69, 9.17) is 5.73 Å². The van der Waals surface area contributed by atoms with Crippen LogP contribution in [-0.2, 0) is 0 Å². The highest BCUT2D eigenvalue weighted by atomic mass is 32.2. The van der Waals surface area contributed by atoms with Gasteiger partial charge in [0.05, 0.1) is 0 Å². The summed E-state index contributed by atoms with van der Waals surface area (Å²) in [5, 5.41) is 0. The van der Waals surface area contributed by atoms with Crippen molar-refractivity contribution in [1.82, 2.24) is 0 Å². The van der Waals surface area contributed by atoms with Gasteiger partial charge in [-0.05, 0) is 25.2 Å². The van der Waals surface area contributed by atoms with Crippen LogP contribution >= 0.6 is 11.8 Å². The Morgan fingerprint density at radius 1 is 1.29 bits per heavy atom. The van der Waals surface area contributed by atoms with E-state index < -0.39 is 5.51 Å². The van der Waals surface area contributed by atoms with Crippen LogP contribution in [0.4, 0.5) is 13.2 Å². The zero-order chi connectivity index (χ0) is 10.6. The van der Waals surface area contributed by atoms with Crippen molar-refractivity contribution >= 4 is 11.8 Å². The molecule has 2 N–H and O–H groups in total. The molecule has 1 atom stereocenters. The summed E-state index contributed by atoms with van der Waals surface area (Å²) < 4.78 is 35.4. The molecule has 84 valence electrons. The van der Waals surface area contributed by atoms with Gasteiger partial charge in [-0.25, -0.2) is 0 Å². The first kappa shape index (κ1) is 12.2. The molecule has 0 heterocycles. The minimum absolute atomic E-state index is 0.0349. The predicted molar refractivity (Wildman–Crippen MR) is 53.1 cm³/mol. The zero-order valence-corrected chi connectivity index (χ0v) is 8.83. The van der Waals surface area contributed by atoms with Gasteiger partial charge >= 0.3 is 5.51 Å². The van der Waals surface area contributed by atoms with Crippen LogP contribution < -0.4 is 5.73 Å². The van der Waals surface area contributed by atoms with Crippen LogP contribution in [0, 0.1) is 5.92 Å². The van der Waals surface area contributed by atoms with E-state index in [1.165, 1.54) is 12.8 Å². The van der Waals surface area contributed by atoms with Gasteiger partial charge < -0.3 is 5.73 Å². The summed E-state index contributed by atoms with van der Waals surface area (Å²) in [6.45, 7) is 0. The van der Waals surface area contributed by atoms with Crippen molar-refractivity contribution in [3.63, 3.8) is 0 Å². The molecule has 1 rings (SSSR count). The summed E-state index contributed by atoms with van der Waals surface area (Å²) in [5.74, 6) is 0.560. The highest BCUT2D eigenvalue weighted by Gasteiger charge is 2.29. The number of halogens is 3. The quantitative estimate of drug-likeness (QED) is 0.798. The van der Waals surface area contributed by atoms with Crippen molar-refractivity contribution in [3.8, 4) is 0 Å². The maximum atomic E-state index is 11.8. The Kier molecular flexibility index (Phi) is 4.57. The third kappa shape index (κ3) is 4.55. The summed E-state index contributed by atoms with van der Waals surface area (Å²) in [6.07, 6.45) is 5.04. The number of thioether (sulfide) groups is 1. The molecular weight excluding hydrogens is 211 g/mol. The van der Waals surface area contributed by atoms with Gasteiger partial charge in [-0.15, -0.1) is 0 Å². The second-order valence-corrected chi connectivity index (χ2v) is 4.95. The molecule has 0 aromatic rings. The Balaban J connectivity index is 2.11. The highest BCUT2D eigenvalue weighted by Crippen LogP contribution is 2.33. The number of rotatable bonds is 4. The van der Waals surface area contributed by atoms with Gasteiger partial charge in [-0.2, -0.15) is 13.2 Å². The average molecular weight is 227 g/mol. The van der Waals surface area contributed by atoms with Crippen molar-refractivity contribution in [1.29, 1.82) is 0 Å². The third-order valence-electron chi connectivity index (χ3n) is 2.72. The van der Waals surface area contributed by atoms with Gasteiger partial charge in [0, 0.05) is 11.8 Å². The van der Waals surface area contributed by atoms with Crippen molar-refractivity contribution in [2.45, 2.75) is 43.7 Å². The van der Waals surface area contributed by atoms with Crippen molar-refractivity contribution < 1.29 is 13.2 Å². The standard InChI is InChI=1S/C9H16F3NS/c10-9(11,12)14-6-5-8(13)7-3-1-2-4-7/h7-8H,1-6,13H2. The Morgan fingerprint density at radius 3 is 2.36 bits per heavy atom. The maximum Gasteiger partial charge on any atom is 0.441 e. The number of hydrogen-bond acceptors (Lipinski definition) is 2. The number of alkyl halides is 3. The average Bonchev–Trinajstić information content (AvgIpc) is 2.53. The highest BCUT2D eigenvalue weighted by molar-refractivity contribution is 8.00. The monoisotopic (exact) mass is 227 g/mol. The molecule has 1 nitrogen and oxygen atoms in total. The third-order valence-corrected chi connectivity index (χ3v) is 3.49. The van der Waals surface area contributed by atoms with E-state index in [0.29, 0.717) is 12.3 Å². The molecule has 0 aromatic carbocycles. The predicted octanol–water partition coefficient (Wildman–Crippen LogP) is 3.15. The van der Waals surface area contributed by atoms with Crippen LogP contribution in [0.5, 0.6) is 0 Å². The molecule has 1 unspecified atom stereocenters. The molecule has 5 heteroatoms. The first-order chi connectivity index (χ1) is 6.49. The molecule has 0 saturated heterocycles. The molecule has 14 heavy (non-hydrogen) atoms. The fourth-order valence-corrected chi connectivity index (χ4v) is 2.55. The Bertz CT molecular complexity index is 166. The molecule has 0 amide bonds. The SMILES string of the molecule is NC(CCSC(F)(F)F)C1CCCC1. The van der Waals surface area contributed by atoms with Crippen LogP contribution in [0.3, 0.4) is 0 Å². The van der Waals surface area contributed by atoms with Crippen LogP contribution in [0.15, 0.2) is 0 Å². The number of hydrogen-bond donors (Lipinski definition) is 1. The molecular formula is C9H16F3NS. The smallest absolute Gasteiger partial charge is 0.327 e. The van der Waals surface area contributed by atoms with Crippen LogP contribution in [-0.4, -0.2) is 17.3 Å². The summed E-state index contributed by atoms with van der Waals surface area (Å²) in [6, 6.07) is -0.0349. The summed E-state index contributed by atoms with van der Waals surface area (Å²) in [7, 11) is 0. The summed E-state index contributed by atoms with van der Waals surface area (Å²) in [4.78, 5) is 0. The molecule has 0 radical (unpaired) electrons. The number of nitrogens with two attached hydrogens (primary N) is 1. The molecule has 1 aliphatic carbocycles. The van der Waals surface area contributed by atoms with Crippen LogP contribution in [0.1, 0.15) is 32.1 Å². The second kappa shape index (κ2) is 5.26. The topological polar surface area (TPSA) is 26.0 Å². The normalized spacial score (nSPS) is 21.4. The van der Waals surface area contributed by atoms with E-state index in [2.05, 4.69) is 0 Å². The first-order valence-electron chi connectivity index (χ1n) is 4.95. The van der Waals surface area contributed by atoms with E-state index in [0.717, 1.165) is 12.8 Å². The molecule has 0 bridgehead atoms. The van der Waals surface area contributed by atoms with Gasteiger partial charge in [0.25, 0.3) is 0 Å². The lowest BCUT2D eigenvalue weighted by Crippen LogP contribution is -2.29. The van der Waals surface area contributed by atoms with Gasteiger partial charge in [0.1, 0.15) is 0 Å². The van der Waals surface area contributed by atoms with Gasteiger partial charge in [0.2, 0.25) is 0 Å². The van der Waals surface area contributed by atoms with E-state index in [-0.39, 0.29) is 23.6 Å². The first-order valence-corrected chi connectivity index (χ1v) is 5.94. The maximum absolute atomic E-state index is 11.8. The molecule has 0 spiro atoms. The van der Waals surface area contributed by atoms with Crippen molar-refractivity contribution in [2.75, 3.05) is 5.75 Å². The Morgan fingerprint density at radius 2 is 1.86 bits per heavy atom. The lowest BCUT2D eigenvalue weighted by molar-refractivity contribution is -0.0328. The lowest BCUT2D eigenvalue weighted by Gasteiger charge is -2.18. The van der Waals surface area contributed by atoms with Crippen LogP contribution in [0.2, 0.25) is 0 Å². The van der Waals surface area contributed by atoms with Crippen LogP contribution in [0.25, 0.3) is 0 Å². The zero-order valence-electron chi connectivity index (χ0n) is 8.02. The lowest BCUT2D eigenvalue weighted by atomic mass is 9.97. The Hall–Kier alpha value is 0.100. The molecule has 0 aliphatic heterocycles. The van der Waals surface area contributed by atoms with E-state index in [1.54, 1.807) is 0 Å². The van der Waals surface area contributed by atoms with Gasteiger partial charge in [0.15, 0.2) is 0 Å². The largest absolute Gasteiger partial charge is 0.441 e. The molecule has 1 saturated carbocycles. The minimum Gasteiger partial charge on any atom is -0.327 e. The van der Waals surface area contributed by atoms with Crippen molar-refractivity contribution in [2.24, 2.45) is 11.7 Å². The fourth-order valence-electron chi connectivity index (χ4n) is 1.93. The molecule has 1 fully saturated rings. The van der Waals surface area contributed by atoms with Crippen molar-refractivity contribution in [3.05, 3.63) is 0 Å². The molecule has 1 aliphatic rings. The second-order valence-electron chi connectivity index (χ2n) is 3.79. The molecule has 0 aromatic heterocycles. The van der Waals surface area contributed by atoms with Gasteiger partial charge in [-0.1, -0.05) is 24.6 Å². The van der Waals surface area contributed by atoms with Gasteiger partial charge in [-0.3, -0.25) is 0 Å².